The van der Waals surface area contributed by atoms with Crippen LogP contribution in [0.15, 0.2) is 30.5 Å². The van der Waals surface area contributed by atoms with Gasteiger partial charge in [0.05, 0.1) is 11.9 Å². The summed E-state index contributed by atoms with van der Waals surface area (Å²) in [5.74, 6) is -0.238. The van der Waals surface area contributed by atoms with E-state index in [1.54, 1.807) is 12.1 Å². The van der Waals surface area contributed by atoms with Gasteiger partial charge in [-0.25, -0.2) is 9.18 Å². The maximum absolute atomic E-state index is 13.7. The first kappa shape index (κ1) is 13.7. The highest BCUT2D eigenvalue weighted by Crippen LogP contribution is 2.23. The number of hydrogen-bond acceptors (Lipinski definition) is 5. The normalized spacial score (nSPS) is 17.8. The molecule has 2 N–H and O–H groups in total. The molecule has 2 heterocycles. The zero-order valence-electron chi connectivity index (χ0n) is 11.1. The molecule has 21 heavy (non-hydrogen) atoms. The smallest absolute Gasteiger partial charge is 0.320 e. The standard InChI is InChI=1S/C13H14FN5OS/c14-10-3-1-2-4-11(10)19-6-5-9(8-19)16-13(20)17-12-7-15-18-21-12/h1-4,7,9H,5-6,8H2,(H2,16,17,20). The number of carbonyl (C=O) groups excluding carboxylic acids is 1. The zero-order valence-corrected chi connectivity index (χ0v) is 11.9. The second kappa shape index (κ2) is 6.04. The van der Waals surface area contributed by atoms with Gasteiger partial charge < -0.3 is 10.2 Å². The van der Waals surface area contributed by atoms with Gasteiger partial charge in [-0.3, -0.25) is 5.32 Å². The summed E-state index contributed by atoms with van der Waals surface area (Å²) in [4.78, 5) is 13.8. The molecule has 6 nitrogen and oxygen atoms in total. The molecular weight excluding hydrogens is 293 g/mol. The van der Waals surface area contributed by atoms with Crippen LogP contribution in [0.2, 0.25) is 0 Å². The number of para-hydroxylation sites is 1. The molecule has 8 heteroatoms. The Morgan fingerprint density at radius 1 is 1.43 bits per heavy atom. The van der Waals surface area contributed by atoms with Gasteiger partial charge in [0, 0.05) is 30.7 Å². The summed E-state index contributed by atoms with van der Waals surface area (Å²) in [6, 6.07) is 6.37. The quantitative estimate of drug-likeness (QED) is 0.911. The van der Waals surface area contributed by atoms with E-state index in [9.17, 15) is 9.18 Å². The van der Waals surface area contributed by atoms with Crippen LogP contribution in [0.1, 0.15) is 6.42 Å². The van der Waals surface area contributed by atoms with Gasteiger partial charge in [0.15, 0.2) is 0 Å². The van der Waals surface area contributed by atoms with E-state index in [1.807, 2.05) is 11.0 Å². The number of halogens is 1. The molecule has 0 radical (unpaired) electrons. The molecule has 1 saturated heterocycles. The monoisotopic (exact) mass is 307 g/mol. The van der Waals surface area contributed by atoms with E-state index in [0.29, 0.717) is 23.8 Å². The van der Waals surface area contributed by atoms with Crippen LogP contribution in [-0.2, 0) is 0 Å². The number of aromatic nitrogens is 2. The van der Waals surface area contributed by atoms with E-state index in [2.05, 4.69) is 20.2 Å². The van der Waals surface area contributed by atoms with E-state index < -0.39 is 0 Å². The molecule has 0 saturated carbocycles. The van der Waals surface area contributed by atoms with Crippen molar-refractivity contribution in [1.82, 2.24) is 14.9 Å². The van der Waals surface area contributed by atoms with Crippen molar-refractivity contribution in [1.29, 1.82) is 0 Å². The lowest BCUT2D eigenvalue weighted by atomic mass is 10.2. The molecule has 0 aliphatic carbocycles. The molecule has 1 aromatic carbocycles. The number of amides is 2. The fourth-order valence-corrected chi connectivity index (χ4v) is 2.78. The topological polar surface area (TPSA) is 70.1 Å². The summed E-state index contributed by atoms with van der Waals surface area (Å²) >= 11 is 1.12. The first-order chi connectivity index (χ1) is 10.2. The van der Waals surface area contributed by atoms with Crippen molar-refractivity contribution in [3.05, 3.63) is 36.3 Å². The van der Waals surface area contributed by atoms with Gasteiger partial charge in [-0.1, -0.05) is 16.6 Å². The summed E-state index contributed by atoms with van der Waals surface area (Å²) < 4.78 is 17.4. The van der Waals surface area contributed by atoms with Crippen molar-refractivity contribution in [2.24, 2.45) is 0 Å². The maximum atomic E-state index is 13.7. The average Bonchev–Trinajstić information content (AvgIpc) is 3.11. The molecule has 1 atom stereocenters. The molecular formula is C13H14FN5OS. The molecule has 0 bridgehead atoms. The predicted octanol–water partition coefficient (Wildman–Crippen LogP) is 2.08. The Hall–Kier alpha value is -2.22. The largest absolute Gasteiger partial charge is 0.367 e. The number of hydrogen-bond donors (Lipinski definition) is 2. The molecule has 110 valence electrons. The Kier molecular flexibility index (Phi) is 3.96. The third-order valence-corrected chi connectivity index (χ3v) is 3.89. The highest BCUT2D eigenvalue weighted by molar-refractivity contribution is 7.10. The average molecular weight is 307 g/mol. The fraction of sp³-hybridized carbons (Fsp3) is 0.308. The molecule has 1 aromatic heterocycles. The Morgan fingerprint density at radius 2 is 2.29 bits per heavy atom. The zero-order chi connectivity index (χ0) is 14.7. The number of benzene rings is 1. The van der Waals surface area contributed by atoms with E-state index >= 15 is 0 Å². The Balaban J connectivity index is 1.55. The van der Waals surface area contributed by atoms with Gasteiger partial charge >= 0.3 is 6.03 Å². The lowest BCUT2D eigenvalue weighted by Crippen LogP contribution is -2.39. The number of nitrogens with one attached hydrogen (secondary N) is 2. The molecule has 1 unspecified atom stereocenters. The second-order valence-electron chi connectivity index (χ2n) is 4.76. The Labute approximate surface area is 125 Å². The Bertz CT molecular complexity index is 621. The Morgan fingerprint density at radius 3 is 3.05 bits per heavy atom. The van der Waals surface area contributed by atoms with Crippen molar-refractivity contribution in [2.45, 2.75) is 12.5 Å². The SMILES string of the molecule is O=C(Nc1cnns1)NC1CCN(c2ccccc2F)C1. The minimum absolute atomic E-state index is 0.00881. The van der Waals surface area contributed by atoms with Crippen molar-refractivity contribution in [3.63, 3.8) is 0 Å². The third kappa shape index (κ3) is 3.27. The minimum Gasteiger partial charge on any atom is -0.367 e. The van der Waals surface area contributed by atoms with Gasteiger partial charge in [-0.15, -0.1) is 5.10 Å². The van der Waals surface area contributed by atoms with Crippen LogP contribution < -0.4 is 15.5 Å². The van der Waals surface area contributed by atoms with Gasteiger partial charge in [-0.2, -0.15) is 0 Å². The summed E-state index contributed by atoms with van der Waals surface area (Å²) in [5.41, 5.74) is 0.578. The molecule has 3 rings (SSSR count). The van der Waals surface area contributed by atoms with Crippen molar-refractivity contribution in [2.75, 3.05) is 23.3 Å². The van der Waals surface area contributed by atoms with Gasteiger partial charge in [0.1, 0.15) is 10.8 Å². The summed E-state index contributed by atoms with van der Waals surface area (Å²) in [5, 5.41) is 9.78. The van der Waals surface area contributed by atoms with Crippen LogP contribution in [-0.4, -0.2) is 34.7 Å². The van der Waals surface area contributed by atoms with Crippen LogP contribution in [0.3, 0.4) is 0 Å². The first-order valence-electron chi connectivity index (χ1n) is 6.57. The predicted molar refractivity (Wildman–Crippen MR) is 79.1 cm³/mol. The first-order valence-corrected chi connectivity index (χ1v) is 7.34. The number of anilines is 2. The summed E-state index contributed by atoms with van der Waals surface area (Å²) in [7, 11) is 0. The molecule has 2 amide bonds. The van der Waals surface area contributed by atoms with Crippen LogP contribution in [0.25, 0.3) is 0 Å². The molecule has 0 spiro atoms. The van der Waals surface area contributed by atoms with Crippen LogP contribution in [0.5, 0.6) is 0 Å². The lowest BCUT2D eigenvalue weighted by molar-refractivity contribution is 0.249. The highest BCUT2D eigenvalue weighted by Gasteiger charge is 2.25. The van der Waals surface area contributed by atoms with E-state index in [0.717, 1.165) is 18.0 Å². The maximum Gasteiger partial charge on any atom is 0.320 e. The van der Waals surface area contributed by atoms with Gasteiger partial charge in [0.2, 0.25) is 0 Å². The van der Waals surface area contributed by atoms with Crippen molar-refractivity contribution in [3.8, 4) is 0 Å². The number of carbonyl (C=O) groups is 1. The van der Waals surface area contributed by atoms with E-state index in [4.69, 9.17) is 0 Å². The van der Waals surface area contributed by atoms with E-state index in [-0.39, 0.29) is 17.9 Å². The van der Waals surface area contributed by atoms with Crippen molar-refractivity contribution >= 4 is 28.3 Å². The molecule has 1 fully saturated rings. The van der Waals surface area contributed by atoms with Crippen LogP contribution >= 0.6 is 11.5 Å². The van der Waals surface area contributed by atoms with Crippen LogP contribution in [0, 0.1) is 5.82 Å². The lowest BCUT2D eigenvalue weighted by Gasteiger charge is -2.19. The molecule has 1 aliphatic rings. The highest BCUT2D eigenvalue weighted by atomic mass is 32.1. The number of rotatable bonds is 3. The van der Waals surface area contributed by atoms with Gasteiger partial charge in [-0.05, 0) is 18.6 Å². The van der Waals surface area contributed by atoms with E-state index in [1.165, 1.54) is 12.3 Å². The van der Waals surface area contributed by atoms with Crippen LogP contribution in [0.4, 0.5) is 19.9 Å². The summed E-state index contributed by atoms with van der Waals surface area (Å²) in [6.45, 7) is 1.31. The minimum atomic E-state index is -0.290. The molecule has 1 aliphatic heterocycles. The summed E-state index contributed by atoms with van der Waals surface area (Å²) in [6.07, 6.45) is 2.27. The fourth-order valence-electron chi connectivity index (χ4n) is 2.36. The molecule has 2 aromatic rings. The second-order valence-corrected chi connectivity index (χ2v) is 5.55. The third-order valence-electron chi connectivity index (χ3n) is 3.31. The number of nitrogens with zero attached hydrogens (tertiary/aromatic N) is 3. The van der Waals surface area contributed by atoms with Crippen molar-refractivity contribution < 1.29 is 9.18 Å². The van der Waals surface area contributed by atoms with Gasteiger partial charge in [0.25, 0.3) is 0 Å². The number of urea groups is 1.